The molecule has 0 fully saturated rings. The third-order valence-electron chi connectivity index (χ3n) is 5.11. The average Bonchev–Trinajstić information content (AvgIpc) is 3.05. The van der Waals surface area contributed by atoms with Crippen LogP contribution in [0.3, 0.4) is 0 Å². The van der Waals surface area contributed by atoms with Crippen LogP contribution < -0.4 is 19.9 Å². The number of benzene rings is 1. The molecule has 0 saturated heterocycles. The Morgan fingerprint density at radius 3 is 2.63 bits per heavy atom. The maximum Gasteiger partial charge on any atom is 0.231 e. The van der Waals surface area contributed by atoms with Crippen LogP contribution in [0.5, 0.6) is 17.2 Å². The molecule has 0 radical (unpaired) electrons. The van der Waals surface area contributed by atoms with Crippen LogP contribution in [-0.4, -0.2) is 19.7 Å². The molecule has 1 aromatic rings. The Morgan fingerprint density at radius 2 is 1.96 bits per heavy atom. The molecule has 0 aromatic heterocycles. The molecule has 140 valence electrons. The van der Waals surface area contributed by atoms with Crippen molar-refractivity contribution in [3.63, 3.8) is 0 Å². The Kier molecular flexibility index (Phi) is 3.81. The lowest BCUT2D eigenvalue weighted by Crippen LogP contribution is -2.33. The molecule has 0 bridgehead atoms. The van der Waals surface area contributed by atoms with Gasteiger partial charge in [0, 0.05) is 30.0 Å². The van der Waals surface area contributed by atoms with Crippen molar-refractivity contribution >= 4 is 5.78 Å². The zero-order valence-corrected chi connectivity index (χ0v) is 15.4. The zero-order valence-electron chi connectivity index (χ0n) is 15.4. The van der Waals surface area contributed by atoms with E-state index in [0.717, 1.165) is 0 Å². The van der Waals surface area contributed by atoms with E-state index in [1.165, 1.54) is 7.11 Å². The van der Waals surface area contributed by atoms with E-state index in [1.54, 1.807) is 12.1 Å². The van der Waals surface area contributed by atoms with Crippen LogP contribution >= 0.6 is 0 Å². The first-order valence-corrected chi connectivity index (χ1v) is 8.66. The number of nitriles is 1. The topological polar surface area (TPSA) is 104 Å². The summed E-state index contributed by atoms with van der Waals surface area (Å²) in [6, 6.07) is 5.56. The van der Waals surface area contributed by atoms with Crippen LogP contribution in [0.2, 0.25) is 0 Å². The number of carbonyl (C=O) groups excluding carboxylic acids is 1. The van der Waals surface area contributed by atoms with E-state index in [4.69, 9.17) is 24.7 Å². The highest BCUT2D eigenvalue weighted by Gasteiger charge is 2.44. The van der Waals surface area contributed by atoms with Gasteiger partial charge in [-0.25, -0.2) is 0 Å². The molecule has 0 amide bonds. The van der Waals surface area contributed by atoms with Crippen LogP contribution in [0.25, 0.3) is 0 Å². The van der Waals surface area contributed by atoms with Gasteiger partial charge >= 0.3 is 0 Å². The van der Waals surface area contributed by atoms with Crippen molar-refractivity contribution in [2.45, 2.75) is 32.6 Å². The fourth-order valence-corrected chi connectivity index (χ4v) is 3.94. The molecule has 2 aliphatic heterocycles. The third kappa shape index (κ3) is 2.69. The van der Waals surface area contributed by atoms with Crippen molar-refractivity contribution < 1.29 is 23.7 Å². The van der Waals surface area contributed by atoms with Gasteiger partial charge in [-0.3, -0.25) is 4.79 Å². The predicted molar refractivity (Wildman–Crippen MR) is 94.8 cm³/mol. The van der Waals surface area contributed by atoms with Crippen LogP contribution in [0.15, 0.2) is 34.9 Å². The fraction of sp³-hybridized carbons (Fsp3) is 0.400. The number of hydrogen-bond donors (Lipinski definition) is 1. The number of methoxy groups -OCH3 is 1. The van der Waals surface area contributed by atoms with Gasteiger partial charge < -0.3 is 24.7 Å². The summed E-state index contributed by atoms with van der Waals surface area (Å²) in [4.78, 5) is 13.0. The summed E-state index contributed by atoms with van der Waals surface area (Å²) in [7, 11) is 1.53. The summed E-state index contributed by atoms with van der Waals surface area (Å²) in [5.41, 5.74) is 7.12. The number of hydrogen-bond acceptors (Lipinski definition) is 7. The molecule has 0 unspecified atom stereocenters. The fourth-order valence-electron chi connectivity index (χ4n) is 3.94. The van der Waals surface area contributed by atoms with Crippen molar-refractivity contribution in [1.29, 1.82) is 5.26 Å². The van der Waals surface area contributed by atoms with Gasteiger partial charge in [0.2, 0.25) is 12.7 Å². The Morgan fingerprint density at radius 1 is 1.26 bits per heavy atom. The molecule has 3 aliphatic rings. The highest BCUT2D eigenvalue weighted by Crippen LogP contribution is 2.51. The smallest absolute Gasteiger partial charge is 0.231 e. The Labute approximate surface area is 156 Å². The molecule has 4 rings (SSSR count). The largest absolute Gasteiger partial charge is 0.496 e. The lowest BCUT2D eigenvalue weighted by Gasteiger charge is -2.37. The van der Waals surface area contributed by atoms with Crippen LogP contribution in [0.4, 0.5) is 0 Å². The Bertz CT molecular complexity index is 952. The number of rotatable bonds is 2. The minimum absolute atomic E-state index is 0.0199. The van der Waals surface area contributed by atoms with Gasteiger partial charge in [-0.2, -0.15) is 5.26 Å². The SMILES string of the molecule is COc1cc2c(cc1[C@@H]1C(C#N)=C(N)OC3=C1C(=O)CC(C)(C)C3)OCO2. The molecular formula is C20H20N2O5. The second-order valence-corrected chi connectivity index (χ2v) is 7.65. The van der Waals surface area contributed by atoms with Gasteiger partial charge in [-0.1, -0.05) is 13.8 Å². The predicted octanol–water partition coefficient (Wildman–Crippen LogP) is 2.87. The number of nitrogens with two attached hydrogens (primary N) is 1. The monoisotopic (exact) mass is 368 g/mol. The lowest BCUT2D eigenvalue weighted by molar-refractivity contribution is -0.119. The minimum atomic E-state index is -0.660. The summed E-state index contributed by atoms with van der Waals surface area (Å²) in [5.74, 6) is 1.43. The van der Waals surface area contributed by atoms with E-state index in [0.29, 0.717) is 47.0 Å². The number of ketones is 1. The van der Waals surface area contributed by atoms with E-state index in [-0.39, 0.29) is 29.4 Å². The van der Waals surface area contributed by atoms with Crippen molar-refractivity contribution in [2.75, 3.05) is 13.9 Å². The molecule has 1 aliphatic carbocycles. The van der Waals surface area contributed by atoms with Gasteiger partial charge in [0.1, 0.15) is 23.2 Å². The maximum absolute atomic E-state index is 13.0. The molecule has 0 saturated carbocycles. The molecular weight excluding hydrogens is 348 g/mol. The molecule has 1 atom stereocenters. The Hall–Kier alpha value is -3.14. The van der Waals surface area contributed by atoms with Gasteiger partial charge in [-0.05, 0) is 11.5 Å². The number of Topliss-reactive ketones (excluding diaryl/α,β-unsaturated/α-hetero) is 1. The molecule has 2 N–H and O–H groups in total. The van der Waals surface area contributed by atoms with E-state index >= 15 is 0 Å². The highest BCUT2D eigenvalue weighted by atomic mass is 16.7. The van der Waals surface area contributed by atoms with Crippen molar-refractivity contribution in [3.05, 3.63) is 40.5 Å². The van der Waals surface area contributed by atoms with Crippen LogP contribution in [0.1, 0.15) is 38.2 Å². The molecule has 7 heteroatoms. The number of nitrogens with zero attached hydrogens (tertiary/aromatic N) is 1. The van der Waals surface area contributed by atoms with E-state index < -0.39 is 5.92 Å². The maximum atomic E-state index is 13.0. The van der Waals surface area contributed by atoms with Gasteiger partial charge in [0.05, 0.1) is 13.0 Å². The number of allylic oxidation sites excluding steroid dienone is 3. The molecule has 0 spiro atoms. The first-order chi connectivity index (χ1) is 12.8. The van der Waals surface area contributed by atoms with Gasteiger partial charge in [0.25, 0.3) is 0 Å². The second kappa shape index (κ2) is 5.95. The summed E-state index contributed by atoms with van der Waals surface area (Å²) in [6.45, 7) is 4.13. The first kappa shape index (κ1) is 17.3. The quantitative estimate of drug-likeness (QED) is 0.856. The molecule has 7 nitrogen and oxygen atoms in total. The van der Waals surface area contributed by atoms with Crippen molar-refractivity contribution in [1.82, 2.24) is 0 Å². The van der Waals surface area contributed by atoms with Crippen LogP contribution in [-0.2, 0) is 9.53 Å². The average molecular weight is 368 g/mol. The third-order valence-corrected chi connectivity index (χ3v) is 5.11. The van der Waals surface area contributed by atoms with Crippen LogP contribution in [0, 0.1) is 16.7 Å². The molecule has 1 aromatic carbocycles. The first-order valence-electron chi connectivity index (χ1n) is 8.66. The van der Waals surface area contributed by atoms with E-state index in [2.05, 4.69) is 6.07 Å². The highest BCUT2D eigenvalue weighted by molar-refractivity contribution is 6.00. The molecule has 27 heavy (non-hydrogen) atoms. The number of carbonyl (C=O) groups is 1. The van der Waals surface area contributed by atoms with Crippen molar-refractivity contribution in [2.24, 2.45) is 11.1 Å². The summed E-state index contributed by atoms with van der Waals surface area (Å²) in [6.07, 6.45) is 0.939. The normalized spacial score (nSPS) is 22.9. The lowest BCUT2D eigenvalue weighted by atomic mass is 9.70. The molecule has 2 heterocycles. The van der Waals surface area contributed by atoms with E-state index in [1.807, 2.05) is 13.8 Å². The van der Waals surface area contributed by atoms with Gasteiger partial charge in [-0.15, -0.1) is 0 Å². The van der Waals surface area contributed by atoms with Crippen molar-refractivity contribution in [3.8, 4) is 23.3 Å². The zero-order chi connectivity index (χ0) is 19.3. The summed E-state index contributed by atoms with van der Waals surface area (Å²) < 4.78 is 22.1. The number of ether oxygens (including phenoxy) is 4. The summed E-state index contributed by atoms with van der Waals surface area (Å²) >= 11 is 0. The minimum Gasteiger partial charge on any atom is -0.496 e. The Balaban J connectivity index is 1.94. The second-order valence-electron chi connectivity index (χ2n) is 7.65. The van der Waals surface area contributed by atoms with Gasteiger partial charge in [0.15, 0.2) is 17.3 Å². The van der Waals surface area contributed by atoms with E-state index in [9.17, 15) is 10.1 Å². The summed E-state index contributed by atoms with van der Waals surface area (Å²) in [5, 5.41) is 9.73. The standard InChI is InChI=1S/C20H20N2O5/c1-20(2)6-12(23)18-16(7-20)27-19(22)11(8-21)17(18)10-4-14-15(26-9-25-14)5-13(10)24-3/h4-5,17H,6-7,9,22H2,1-3H3/t17-/m1/s1. The number of fused-ring (bicyclic) bond motifs is 1.